The summed E-state index contributed by atoms with van der Waals surface area (Å²) in [5, 5.41) is 0. The molecule has 3 aromatic rings. The number of hydrogen-bond donors (Lipinski definition) is 0. The number of nitrogens with zero attached hydrogens (tertiary/aromatic N) is 1. The van der Waals surface area contributed by atoms with Crippen LogP contribution < -0.4 is 14.4 Å². The van der Waals surface area contributed by atoms with E-state index in [4.69, 9.17) is 9.47 Å². The second kappa shape index (κ2) is 7.16. The van der Waals surface area contributed by atoms with Gasteiger partial charge in [0, 0.05) is 5.69 Å². The van der Waals surface area contributed by atoms with Crippen molar-refractivity contribution in [2.24, 2.45) is 0 Å². The van der Waals surface area contributed by atoms with E-state index in [0.29, 0.717) is 5.75 Å². The first-order valence-corrected chi connectivity index (χ1v) is 8.93. The van der Waals surface area contributed by atoms with E-state index in [-0.39, 0.29) is 11.9 Å². The lowest BCUT2D eigenvalue weighted by atomic mass is 9.89. The summed E-state index contributed by atoms with van der Waals surface area (Å²) in [5.74, 6) is 1.44. The Morgan fingerprint density at radius 3 is 2.11 bits per heavy atom. The number of β-lactam (4-membered cyclic amide) rings is 1. The van der Waals surface area contributed by atoms with Crippen LogP contribution in [-0.4, -0.2) is 19.1 Å². The van der Waals surface area contributed by atoms with Crippen molar-refractivity contribution in [3.05, 3.63) is 90.0 Å². The third-order valence-electron chi connectivity index (χ3n) is 4.82. The van der Waals surface area contributed by atoms with Crippen LogP contribution in [0.15, 0.2) is 78.9 Å². The number of amides is 1. The molecule has 2 unspecified atom stereocenters. The number of rotatable bonds is 5. The van der Waals surface area contributed by atoms with Crippen LogP contribution in [0.4, 0.5) is 5.69 Å². The number of benzene rings is 3. The predicted molar refractivity (Wildman–Crippen MR) is 105 cm³/mol. The molecule has 0 bridgehead atoms. The standard InChI is InChI=1S/C23H21NO3/c1-16-8-12-18(13-9-16)24-21(17-10-14-19(26-2)15-11-17)22(23(24)25)27-20-6-4-3-5-7-20/h3-15,21-22H,1-2H3. The van der Waals surface area contributed by atoms with Gasteiger partial charge in [0.15, 0.2) is 0 Å². The maximum absolute atomic E-state index is 12.9. The molecule has 27 heavy (non-hydrogen) atoms. The molecule has 0 N–H and O–H groups in total. The number of hydrogen-bond acceptors (Lipinski definition) is 3. The van der Waals surface area contributed by atoms with Crippen molar-refractivity contribution in [3.8, 4) is 11.5 Å². The van der Waals surface area contributed by atoms with E-state index in [1.807, 2.05) is 85.8 Å². The van der Waals surface area contributed by atoms with Gasteiger partial charge in [-0.1, -0.05) is 48.0 Å². The van der Waals surface area contributed by atoms with Crippen LogP contribution in [0.1, 0.15) is 17.2 Å². The van der Waals surface area contributed by atoms with Crippen molar-refractivity contribution in [2.75, 3.05) is 12.0 Å². The Morgan fingerprint density at radius 1 is 0.815 bits per heavy atom. The molecule has 1 heterocycles. The van der Waals surface area contributed by atoms with E-state index in [0.717, 1.165) is 22.6 Å². The van der Waals surface area contributed by atoms with E-state index in [1.165, 1.54) is 0 Å². The molecular formula is C23H21NO3. The van der Waals surface area contributed by atoms with Gasteiger partial charge in [-0.3, -0.25) is 9.69 Å². The zero-order chi connectivity index (χ0) is 18.8. The summed E-state index contributed by atoms with van der Waals surface area (Å²) >= 11 is 0. The second-order valence-corrected chi connectivity index (χ2v) is 6.61. The Morgan fingerprint density at radius 2 is 1.48 bits per heavy atom. The highest BCUT2D eigenvalue weighted by molar-refractivity contribution is 6.05. The zero-order valence-electron chi connectivity index (χ0n) is 15.3. The fourth-order valence-corrected chi connectivity index (χ4v) is 3.34. The van der Waals surface area contributed by atoms with Gasteiger partial charge in [0.1, 0.15) is 17.5 Å². The Hall–Kier alpha value is -3.27. The summed E-state index contributed by atoms with van der Waals surface area (Å²) in [5.41, 5.74) is 3.04. The normalized spacial score (nSPS) is 18.7. The Labute approximate surface area is 159 Å². The molecule has 3 aromatic carbocycles. The number of para-hydroxylation sites is 1. The van der Waals surface area contributed by atoms with E-state index in [2.05, 4.69) is 0 Å². The average molecular weight is 359 g/mol. The van der Waals surface area contributed by atoms with Crippen molar-refractivity contribution in [3.63, 3.8) is 0 Å². The largest absolute Gasteiger partial charge is 0.497 e. The quantitative estimate of drug-likeness (QED) is 0.628. The summed E-state index contributed by atoms with van der Waals surface area (Å²) < 4.78 is 11.3. The molecule has 2 atom stereocenters. The third-order valence-corrected chi connectivity index (χ3v) is 4.82. The highest BCUT2D eigenvalue weighted by atomic mass is 16.5. The monoisotopic (exact) mass is 359 g/mol. The Kier molecular flexibility index (Phi) is 4.55. The molecule has 136 valence electrons. The van der Waals surface area contributed by atoms with Crippen LogP contribution in [0.2, 0.25) is 0 Å². The molecule has 0 radical (unpaired) electrons. The van der Waals surface area contributed by atoms with Crippen LogP contribution in [0.5, 0.6) is 11.5 Å². The minimum absolute atomic E-state index is 0.0384. The van der Waals surface area contributed by atoms with Gasteiger partial charge in [-0.15, -0.1) is 0 Å². The van der Waals surface area contributed by atoms with Crippen LogP contribution in [0.3, 0.4) is 0 Å². The zero-order valence-corrected chi connectivity index (χ0v) is 15.3. The highest BCUT2D eigenvalue weighted by Gasteiger charge is 2.51. The molecule has 4 nitrogen and oxygen atoms in total. The van der Waals surface area contributed by atoms with Gasteiger partial charge in [-0.2, -0.15) is 0 Å². The van der Waals surface area contributed by atoms with Crippen LogP contribution in [0.25, 0.3) is 0 Å². The first-order chi connectivity index (χ1) is 13.2. The molecule has 4 heteroatoms. The third kappa shape index (κ3) is 3.26. The first kappa shape index (κ1) is 17.2. The number of carbonyl (C=O) groups excluding carboxylic acids is 1. The van der Waals surface area contributed by atoms with E-state index in [9.17, 15) is 4.79 Å². The smallest absolute Gasteiger partial charge is 0.271 e. The number of aryl methyl sites for hydroxylation is 1. The van der Waals surface area contributed by atoms with E-state index >= 15 is 0 Å². The minimum Gasteiger partial charge on any atom is -0.497 e. The molecule has 1 saturated heterocycles. The summed E-state index contributed by atoms with van der Waals surface area (Å²) in [6, 6.07) is 25.0. The fourth-order valence-electron chi connectivity index (χ4n) is 3.34. The topological polar surface area (TPSA) is 38.8 Å². The van der Waals surface area contributed by atoms with Crippen LogP contribution in [0, 0.1) is 6.92 Å². The number of ether oxygens (including phenoxy) is 2. The van der Waals surface area contributed by atoms with Gasteiger partial charge in [-0.05, 0) is 48.9 Å². The summed E-state index contributed by atoms with van der Waals surface area (Å²) in [6.07, 6.45) is -0.554. The molecule has 1 fully saturated rings. The molecule has 0 spiro atoms. The van der Waals surface area contributed by atoms with Gasteiger partial charge >= 0.3 is 0 Å². The molecule has 1 amide bonds. The number of methoxy groups -OCH3 is 1. The van der Waals surface area contributed by atoms with Crippen molar-refractivity contribution in [2.45, 2.75) is 19.1 Å². The first-order valence-electron chi connectivity index (χ1n) is 8.93. The Balaban J connectivity index is 1.68. The predicted octanol–water partition coefficient (Wildman–Crippen LogP) is 4.54. The number of carbonyl (C=O) groups is 1. The highest BCUT2D eigenvalue weighted by Crippen LogP contribution is 2.41. The van der Waals surface area contributed by atoms with Crippen molar-refractivity contribution in [1.82, 2.24) is 0 Å². The van der Waals surface area contributed by atoms with Gasteiger partial charge in [0.2, 0.25) is 6.10 Å². The molecule has 0 aliphatic carbocycles. The lowest BCUT2D eigenvalue weighted by molar-refractivity contribution is -0.135. The Bertz CT molecular complexity index is 920. The molecular weight excluding hydrogens is 338 g/mol. The SMILES string of the molecule is COc1ccc(C2C(Oc3ccccc3)C(=O)N2c2ccc(C)cc2)cc1. The molecule has 0 saturated carbocycles. The van der Waals surface area contributed by atoms with Crippen LogP contribution >= 0.6 is 0 Å². The average Bonchev–Trinajstić information content (AvgIpc) is 2.72. The van der Waals surface area contributed by atoms with E-state index < -0.39 is 6.10 Å². The fraction of sp³-hybridized carbons (Fsp3) is 0.174. The maximum atomic E-state index is 12.9. The van der Waals surface area contributed by atoms with Crippen molar-refractivity contribution < 1.29 is 14.3 Å². The lowest BCUT2D eigenvalue weighted by Crippen LogP contribution is -2.61. The summed E-state index contributed by atoms with van der Waals surface area (Å²) in [4.78, 5) is 14.7. The van der Waals surface area contributed by atoms with Crippen molar-refractivity contribution >= 4 is 11.6 Å². The van der Waals surface area contributed by atoms with Gasteiger partial charge in [0.05, 0.1) is 7.11 Å². The van der Waals surface area contributed by atoms with Crippen molar-refractivity contribution in [1.29, 1.82) is 0 Å². The van der Waals surface area contributed by atoms with Crippen LogP contribution in [-0.2, 0) is 4.79 Å². The molecule has 1 aliphatic heterocycles. The van der Waals surface area contributed by atoms with Gasteiger partial charge in [0.25, 0.3) is 5.91 Å². The minimum atomic E-state index is -0.554. The molecule has 4 rings (SSSR count). The maximum Gasteiger partial charge on any atom is 0.271 e. The molecule has 0 aromatic heterocycles. The molecule has 1 aliphatic rings. The van der Waals surface area contributed by atoms with Gasteiger partial charge in [-0.25, -0.2) is 0 Å². The second-order valence-electron chi connectivity index (χ2n) is 6.61. The van der Waals surface area contributed by atoms with Gasteiger partial charge < -0.3 is 9.47 Å². The lowest BCUT2D eigenvalue weighted by Gasteiger charge is -2.46. The summed E-state index contributed by atoms with van der Waals surface area (Å²) in [6.45, 7) is 2.03. The van der Waals surface area contributed by atoms with E-state index in [1.54, 1.807) is 12.0 Å². The summed E-state index contributed by atoms with van der Waals surface area (Å²) in [7, 11) is 1.64. The number of anilines is 1.